The number of benzene rings is 1. The van der Waals surface area contributed by atoms with Gasteiger partial charge in [0.05, 0.1) is 12.5 Å². The number of imidazole rings is 1. The van der Waals surface area contributed by atoms with Crippen molar-refractivity contribution in [2.75, 3.05) is 30.3 Å². The van der Waals surface area contributed by atoms with Gasteiger partial charge in [0, 0.05) is 30.3 Å². The van der Waals surface area contributed by atoms with Gasteiger partial charge in [0.15, 0.2) is 0 Å². The summed E-state index contributed by atoms with van der Waals surface area (Å²) in [5.74, 6) is 0.674. The number of carbonyl (C=O) groups excluding carboxylic acids is 2. The molecular formula is C22H31N5O2. The van der Waals surface area contributed by atoms with Crippen LogP contribution in [0.5, 0.6) is 0 Å². The molecule has 0 bridgehead atoms. The first-order chi connectivity index (χ1) is 13.9. The third-order valence-electron chi connectivity index (χ3n) is 5.43. The Kier molecular flexibility index (Phi) is 7.04. The zero-order chi connectivity index (χ0) is 20.8. The first-order valence-electron chi connectivity index (χ1n) is 10.3. The van der Waals surface area contributed by atoms with Crippen molar-refractivity contribution < 1.29 is 9.59 Å². The van der Waals surface area contributed by atoms with Crippen molar-refractivity contribution in [3.05, 3.63) is 42.0 Å². The Balaban J connectivity index is 1.53. The van der Waals surface area contributed by atoms with Crippen molar-refractivity contribution in [1.29, 1.82) is 0 Å². The topological polar surface area (TPSA) is 79.3 Å². The van der Waals surface area contributed by atoms with Gasteiger partial charge in [0.1, 0.15) is 5.82 Å². The monoisotopic (exact) mass is 397 g/mol. The van der Waals surface area contributed by atoms with Crippen molar-refractivity contribution in [2.24, 2.45) is 5.92 Å². The lowest BCUT2D eigenvalue weighted by molar-refractivity contribution is -0.120. The summed E-state index contributed by atoms with van der Waals surface area (Å²) in [5, 5.41) is 5.96. The van der Waals surface area contributed by atoms with Gasteiger partial charge in [-0.05, 0) is 63.5 Å². The van der Waals surface area contributed by atoms with Crippen molar-refractivity contribution in [2.45, 2.75) is 46.6 Å². The van der Waals surface area contributed by atoms with Crippen molar-refractivity contribution in [3.63, 3.8) is 0 Å². The summed E-state index contributed by atoms with van der Waals surface area (Å²) in [5.41, 5.74) is 2.44. The largest absolute Gasteiger partial charge is 0.334 e. The molecule has 1 saturated heterocycles. The second-order valence-corrected chi connectivity index (χ2v) is 7.93. The van der Waals surface area contributed by atoms with Crippen LogP contribution in [0.4, 0.5) is 11.4 Å². The summed E-state index contributed by atoms with van der Waals surface area (Å²) in [4.78, 5) is 31.2. The van der Waals surface area contributed by atoms with Gasteiger partial charge in [0.25, 0.3) is 0 Å². The van der Waals surface area contributed by atoms with E-state index in [-0.39, 0.29) is 17.7 Å². The highest BCUT2D eigenvalue weighted by Crippen LogP contribution is 2.21. The highest BCUT2D eigenvalue weighted by Gasteiger charge is 2.16. The van der Waals surface area contributed by atoms with Gasteiger partial charge in [0.2, 0.25) is 11.8 Å². The Bertz CT molecular complexity index is 855. The molecule has 3 rings (SSSR count). The third-order valence-corrected chi connectivity index (χ3v) is 5.43. The minimum atomic E-state index is -0.188. The molecule has 2 aromatic rings. The van der Waals surface area contributed by atoms with Gasteiger partial charge in [-0.15, -0.1) is 0 Å². The second-order valence-electron chi connectivity index (χ2n) is 7.93. The summed E-state index contributed by atoms with van der Waals surface area (Å²) in [6.07, 6.45) is 7.20. The average Bonchev–Trinajstić information content (AvgIpc) is 3.09. The molecule has 1 aromatic carbocycles. The van der Waals surface area contributed by atoms with E-state index < -0.39 is 0 Å². The molecule has 1 aromatic heterocycles. The molecule has 2 amide bonds. The third kappa shape index (κ3) is 5.90. The number of aryl methyl sites for hydroxylation is 2. The number of anilines is 2. The Morgan fingerprint density at radius 3 is 2.55 bits per heavy atom. The number of aromatic nitrogens is 2. The van der Waals surface area contributed by atoms with Gasteiger partial charge in [-0.3, -0.25) is 14.5 Å². The zero-order valence-corrected chi connectivity index (χ0v) is 17.6. The molecule has 0 aliphatic carbocycles. The number of piperidine rings is 1. The number of nitrogens with one attached hydrogen (secondary N) is 2. The fourth-order valence-corrected chi connectivity index (χ4v) is 3.63. The first-order valence-corrected chi connectivity index (χ1v) is 10.3. The molecule has 7 heteroatoms. The van der Waals surface area contributed by atoms with E-state index in [0.29, 0.717) is 13.1 Å². The highest BCUT2D eigenvalue weighted by molar-refractivity contribution is 5.95. The lowest BCUT2D eigenvalue weighted by Gasteiger charge is -2.25. The van der Waals surface area contributed by atoms with Crippen LogP contribution in [0, 0.1) is 19.8 Å². The van der Waals surface area contributed by atoms with Gasteiger partial charge in [-0.1, -0.05) is 13.3 Å². The molecule has 0 radical (unpaired) electrons. The molecule has 1 unspecified atom stereocenters. The zero-order valence-electron chi connectivity index (χ0n) is 17.6. The van der Waals surface area contributed by atoms with Crippen molar-refractivity contribution in [3.8, 4) is 0 Å². The molecule has 1 aliphatic rings. The summed E-state index contributed by atoms with van der Waals surface area (Å²) < 4.78 is 1.97. The van der Waals surface area contributed by atoms with E-state index in [2.05, 4.69) is 20.5 Å². The Hall–Kier alpha value is -2.67. The maximum absolute atomic E-state index is 12.5. The van der Waals surface area contributed by atoms with Gasteiger partial charge in [-0.25, -0.2) is 4.98 Å². The number of likely N-dealkylation sites (tertiary alicyclic amines) is 1. The fourth-order valence-electron chi connectivity index (χ4n) is 3.63. The number of hydrogen-bond acceptors (Lipinski definition) is 4. The van der Waals surface area contributed by atoms with E-state index in [1.807, 2.05) is 49.7 Å². The summed E-state index contributed by atoms with van der Waals surface area (Å²) in [6, 6.07) is 5.57. The molecule has 0 spiro atoms. The predicted octanol–water partition coefficient (Wildman–Crippen LogP) is 3.20. The number of hydrogen-bond donors (Lipinski definition) is 2. The minimum absolute atomic E-state index is 0.0103. The van der Waals surface area contributed by atoms with Crippen LogP contribution >= 0.6 is 0 Å². The van der Waals surface area contributed by atoms with Gasteiger partial charge >= 0.3 is 0 Å². The minimum Gasteiger partial charge on any atom is -0.334 e. The number of carbonyl (C=O) groups is 2. The van der Waals surface area contributed by atoms with E-state index in [1.165, 1.54) is 19.3 Å². The molecule has 2 N–H and O–H groups in total. The highest BCUT2D eigenvalue weighted by atomic mass is 16.2. The first kappa shape index (κ1) is 21.0. The molecule has 2 heterocycles. The predicted molar refractivity (Wildman–Crippen MR) is 115 cm³/mol. The molecule has 156 valence electrons. The Morgan fingerprint density at radius 2 is 1.90 bits per heavy atom. The molecular weight excluding hydrogens is 366 g/mol. The van der Waals surface area contributed by atoms with Gasteiger partial charge < -0.3 is 15.2 Å². The second kappa shape index (κ2) is 9.69. The van der Waals surface area contributed by atoms with E-state index in [9.17, 15) is 9.59 Å². The Morgan fingerprint density at radius 1 is 1.14 bits per heavy atom. The van der Waals surface area contributed by atoms with Gasteiger partial charge in [-0.2, -0.15) is 0 Å². The molecule has 1 atom stereocenters. The molecule has 29 heavy (non-hydrogen) atoms. The molecule has 0 saturated carbocycles. The summed E-state index contributed by atoms with van der Waals surface area (Å²) in [6.45, 7) is 8.76. The Labute approximate surface area is 172 Å². The number of nitrogens with zero attached hydrogens (tertiary/aromatic N) is 3. The van der Waals surface area contributed by atoms with Crippen LogP contribution in [0.15, 0.2) is 30.6 Å². The van der Waals surface area contributed by atoms with Crippen LogP contribution in [0.1, 0.15) is 37.6 Å². The molecule has 1 aliphatic heterocycles. The van der Waals surface area contributed by atoms with E-state index in [4.69, 9.17) is 0 Å². The standard InChI is InChI=1S/C22H31N5O2/c1-16-13-19(24-22(29)17(2)14-27-12-9-23-18(27)3)7-8-20(16)25-21(28)15-26-10-5-4-6-11-26/h7-9,12-13,17H,4-6,10-11,14-15H2,1-3H3,(H,24,29)(H,25,28). The average molecular weight is 398 g/mol. The van der Waals surface area contributed by atoms with Crippen molar-refractivity contribution >= 4 is 23.2 Å². The fraction of sp³-hybridized carbons (Fsp3) is 0.500. The maximum atomic E-state index is 12.5. The lowest BCUT2D eigenvalue weighted by atomic mass is 10.1. The van der Waals surface area contributed by atoms with E-state index >= 15 is 0 Å². The molecule has 1 fully saturated rings. The maximum Gasteiger partial charge on any atom is 0.238 e. The van der Waals surface area contributed by atoms with Crippen LogP contribution in [0.3, 0.4) is 0 Å². The van der Waals surface area contributed by atoms with E-state index in [0.717, 1.165) is 35.9 Å². The van der Waals surface area contributed by atoms with Crippen LogP contribution in [0.2, 0.25) is 0 Å². The van der Waals surface area contributed by atoms with Crippen LogP contribution in [-0.2, 0) is 16.1 Å². The van der Waals surface area contributed by atoms with Crippen LogP contribution in [0.25, 0.3) is 0 Å². The van der Waals surface area contributed by atoms with Crippen LogP contribution in [-0.4, -0.2) is 45.9 Å². The van der Waals surface area contributed by atoms with Crippen molar-refractivity contribution in [1.82, 2.24) is 14.5 Å². The quantitative estimate of drug-likeness (QED) is 0.752. The summed E-state index contributed by atoms with van der Waals surface area (Å²) >= 11 is 0. The summed E-state index contributed by atoms with van der Waals surface area (Å²) in [7, 11) is 0. The number of amides is 2. The number of rotatable bonds is 7. The lowest BCUT2D eigenvalue weighted by Crippen LogP contribution is -2.36. The van der Waals surface area contributed by atoms with E-state index in [1.54, 1.807) is 6.20 Å². The normalized spacial score (nSPS) is 15.7. The van der Waals surface area contributed by atoms with Crippen LogP contribution < -0.4 is 10.6 Å². The molecule has 7 nitrogen and oxygen atoms in total. The SMILES string of the molecule is Cc1cc(NC(=O)C(C)Cn2ccnc2C)ccc1NC(=O)CN1CCCCC1. The smallest absolute Gasteiger partial charge is 0.238 e.